The van der Waals surface area contributed by atoms with Gasteiger partial charge in [0.15, 0.2) is 5.82 Å². The van der Waals surface area contributed by atoms with Crippen molar-refractivity contribution in [2.24, 2.45) is 0 Å². The molecule has 0 amide bonds. The molecular formula is C25H28F3N5O. The molecule has 3 aromatic rings. The second-order valence-electron chi connectivity index (χ2n) is 9.31. The van der Waals surface area contributed by atoms with Gasteiger partial charge in [-0.1, -0.05) is 53.9 Å². The van der Waals surface area contributed by atoms with Crippen molar-refractivity contribution in [3.63, 3.8) is 0 Å². The highest BCUT2D eigenvalue weighted by Gasteiger charge is 2.41. The fraction of sp³-hybridized carbons (Fsp3) is 0.480. The molecule has 0 unspecified atom stereocenters. The van der Waals surface area contributed by atoms with Crippen LogP contribution in [0.2, 0.25) is 0 Å². The Kier molecular flexibility index (Phi) is 6.06. The number of aryl methyl sites for hydroxylation is 1. The first-order valence-corrected chi connectivity index (χ1v) is 11.8. The zero-order chi connectivity index (χ0) is 23.8. The Morgan fingerprint density at radius 2 is 1.65 bits per heavy atom. The van der Waals surface area contributed by atoms with Crippen LogP contribution in [0.1, 0.15) is 54.2 Å². The van der Waals surface area contributed by atoms with Crippen molar-refractivity contribution in [3.05, 3.63) is 71.0 Å². The fourth-order valence-electron chi connectivity index (χ4n) is 5.09. The smallest absolute Gasteiger partial charge is 0.354 e. The number of hydrogen-bond donors (Lipinski definition) is 0. The molecule has 1 aliphatic carbocycles. The van der Waals surface area contributed by atoms with Crippen molar-refractivity contribution in [2.75, 3.05) is 31.1 Å². The molecule has 0 atom stereocenters. The summed E-state index contributed by atoms with van der Waals surface area (Å²) in [6.07, 6.45) is -0.134. The molecule has 0 radical (unpaired) electrons. The van der Waals surface area contributed by atoms with E-state index in [1.807, 2.05) is 4.90 Å². The minimum absolute atomic E-state index is 0.191. The van der Waals surface area contributed by atoms with Gasteiger partial charge in [0.1, 0.15) is 11.5 Å². The van der Waals surface area contributed by atoms with Crippen molar-refractivity contribution in [1.29, 1.82) is 0 Å². The molecule has 6 nitrogen and oxygen atoms in total. The monoisotopic (exact) mass is 471 g/mol. The van der Waals surface area contributed by atoms with Gasteiger partial charge in [0.05, 0.1) is 12.0 Å². The summed E-state index contributed by atoms with van der Waals surface area (Å²) in [5.74, 6) is 1.70. The molecule has 9 heteroatoms. The van der Waals surface area contributed by atoms with Gasteiger partial charge in [-0.05, 0) is 37.5 Å². The van der Waals surface area contributed by atoms with Gasteiger partial charge in [-0.3, -0.25) is 4.90 Å². The first-order chi connectivity index (χ1) is 16.3. The number of piperazine rings is 1. The van der Waals surface area contributed by atoms with Crippen molar-refractivity contribution >= 4 is 5.82 Å². The molecule has 0 bridgehead atoms. The van der Waals surface area contributed by atoms with E-state index >= 15 is 0 Å². The lowest BCUT2D eigenvalue weighted by Crippen LogP contribution is -2.46. The van der Waals surface area contributed by atoms with E-state index in [4.69, 9.17) is 9.51 Å². The molecule has 1 saturated carbocycles. The molecule has 1 saturated heterocycles. The van der Waals surface area contributed by atoms with Crippen molar-refractivity contribution in [1.82, 2.24) is 20.0 Å². The summed E-state index contributed by atoms with van der Waals surface area (Å²) in [6.45, 7) is 5.14. The number of aromatic nitrogens is 3. The van der Waals surface area contributed by atoms with E-state index in [1.165, 1.54) is 17.2 Å². The largest absolute Gasteiger partial charge is 0.433 e. The molecule has 2 aliphatic rings. The number of rotatable bonds is 5. The third-order valence-electron chi connectivity index (χ3n) is 7.04. The van der Waals surface area contributed by atoms with Gasteiger partial charge in [0.2, 0.25) is 5.89 Å². The Bertz CT molecular complexity index is 1110. The van der Waals surface area contributed by atoms with Crippen LogP contribution in [0.5, 0.6) is 0 Å². The third-order valence-corrected chi connectivity index (χ3v) is 7.04. The number of halogens is 3. The van der Waals surface area contributed by atoms with Crippen LogP contribution in [0.3, 0.4) is 0 Å². The Morgan fingerprint density at radius 1 is 0.941 bits per heavy atom. The normalized spacial score (nSPS) is 19.0. The summed E-state index contributed by atoms with van der Waals surface area (Å²) >= 11 is 0. The summed E-state index contributed by atoms with van der Waals surface area (Å²) in [5.41, 5.74) is 1.42. The fourth-order valence-corrected chi connectivity index (χ4v) is 5.09. The van der Waals surface area contributed by atoms with E-state index in [0.717, 1.165) is 37.6 Å². The highest BCUT2D eigenvalue weighted by Crippen LogP contribution is 2.45. The maximum Gasteiger partial charge on any atom is 0.433 e. The molecule has 1 aliphatic heterocycles. The van der Waals surface area contributed by atoms with E-state index in [2.05, 4.69) is 46.2 Å². The average Bonchev–Trinajstić information content (AvgIpc) is 3.50. The third kappa shape index (κ3) is 4.53. The maximum atomic E-state index is 13.0. The summed E-state index contributed by atoms with van der Waals surface area (Å²) in [4.78, 5) is 12.7. The highest BCUT2D eigenvalue weighted by molar-refractivity contribution is 5.40. The number of pyridine rings is 1. The Hall–Kier alpha value is -2.94. The summed E-state index contributed by atoms with van der Waals surface area (Å²) in [7, 11) is 0. The van der Waals surface area contributed by atoms with Crippen LogP contribution in [-0.2, 0) is 18.1 Å². The van der Waals surface area contributed by atoms with E-state index in [9.17, 15) is 13.2 Å². The average molecular weight is 472 g/mol. The van der Waals surface area contributed by atoms with Crippen LogP contribution in [-0.4, -0.2) is 46.2 Å². The minimum atomic E-state index is -4.44. The van der Waals surface area contributed by atoms with Crippen molar-refractivity contribution in [3.8, 4) is 0 Å². The summed E-state index contributed by atoms with van der Waals surface area (Å²) in [5, 5.41) is 4.39. The van der Waals surface area contributed by atoms with Gasteiger partial charge in [0.25, 0.3) is 0 Å². The minimum Gasteiger partial charge on any atom is -0.354 e. The number of nitrogens with zero attached hydrogens (tertiary/aromatic N) is 5. The van der Waals surface area contributed by atoms with Gasteiger partial charge in [-0.25, -0.2) is 4.98 Å². The van der Waals surface area contributed by atoms with Gasteiger partial charge in [0, 0.05) is 26.2 Å². The predicted molar refractivity (Wildman–Crippen MR) is 121 cm³/mol. The number of benzene rings is 1. The van der Waals surface area contributed by atoms with E-state index in [-0.39, 0.29) is 5.41 Å². The van der Waals surface area contributed by atoms with Crippen LogP contribution < -0.4 is 4.90 Å². The first kappa shape index (κ1) is 22.8. The highest BCUT2D eigenvalue weighted by atomic mass is 19.4. The topological polar surface area (TPSA) is 58.3 Å². The molecule has 0 spiro atoms. The molecular weight excluding hydrogens is 443 g/mol. The SMILES string of the molecule is Cc1ccc(C2(c3noc(CN4CCN(c5cccc(C(F)(F)F)n5)CC4)n3)CCCC2)cc1. The standard InChI is InChI=1S/C25H28F3N5O/c1-18-7-9-19(10-8-18)24(11-2-3-12-24)23-30-22(34-31-23)17-32-13-15-33(16-14-32)21-6-4-5-20(29-21)25(26,27)28/h4-10H,2-3,11-17H2,1H3. The van der Waals surface area contributed by atoms with E-state index in [0.29, 0.717) is 44.4 Å². The van der Waals surface area contributed by atoms with Crippen LogP contribution in [0.25, 0.3) is 0 Å². The summed E-state index contributed by atoms with van der Waals surface area (Å²) < 4.78 is 44.6. The number of anilines is 1. The molecule has 1 aromatic carbocycles. The number of hydrogen-bond acceptors (Lipinski definition) is 6. The van der Waals surface area contributed by atoms with Crippen LogP contribution in [0.4, 0.5) is 19.0 Å². The quantitative estimate of drug-likeness (QED) is 0.524. The van der Waals surface area contributed by atoms with E-state index in [1.54, 1.807) is 6.07 Å². The maximum absolute atomic E-state index is 13.0. The molecule has 180 valence electrons. The molecule has 2 fully saturated rings. The van der Waals surface area contributed by atoms with Crippen molar-refractivity contribution < 1.29 is 17.7 Å². The van der Waals surface area contributed by atoms with Gasteiger partial charge >= 0.3 is 6.18 Å². The number of alkyl halides is 3. The predicted octanol–water partition coefficient (Wildman–Crippen LogP) is 4.97. The zero-order valence-corrected chi connectivity index (χ0v) is 19.2. The lowest BCUT2D eigenvalue weighted by Gasteiger charge is -2.34. The van der Waals surface area contributed by atoms with Crippen molar-refractivity contribution in [2.45, 2.75) is 50.7 Å². The van der Waals surface area contributed by atoms with Crippen LogP contribution in [0.15, 0.2) is 47.0 Å². The van der Waals surface area contributed by atoms with E-state index < -0.39 is 11.9 Å². The second-order valence-corrected chi connectivity index (χ2v) is 9.31. The van der Waals surface area contributed by atoms with Gasteiger partial charge in [-0.2, -0.15) is 18.2 Å². The van der Waals surface area contributed by atoms with Gasteiger partial charge in [-0.15, -0.1) is 0 Å². The molecule has 2 aromatic heterocycles. The Balaban J connectivity index is 1.24. The Morgan fingerprint density at radius 3 is 2.32 bits per heavy atom. The molecule has 0 N–H and O–H groups in total. The molecule has 34 heavy (non-hydrogen) atoms. The first-order valence-electron chi connectivity index (χ1n) is 11.8. The summed E-state index contributed by atoms with van der Waals surface area (Å²) in [6, 6.07) is 12.7. The van der Waals surface area contributed by atoms with Gasteiger partial charge < -0.3 is 9.42 Å². The molecule has 5 rings (SSSR count). The zero-order valence-electron chi connectivity index (χ0n) is 19.2. The lowest BCUT2D eigenvalue weighted by molar-refractivity contribution is -0.141. The van der Waals surface area contributed by atoms with Crippen LogP contribution in [0, 0.1) is 6.92 Å². The molecule has 3 heterocycles. The lowest BCUT2D eigenvalue weighted by atomic mass is 9.78. The second kappa shape index (κ2) is 9.02. The van der Waals surface area contributed by atoms with Crippen LogP contribution >= 0.6 is 0 Å². The Labute approximate surface area is 196 Å².